The van der Waals surface area contributed by atoms with Crippen LogP contribution in [0.2, 0.25) is 0 Å². The first-order valence-electron chi connectivity index (χ1n) is 22.4. The Balaban J connectivity index is 0.000000281. The second-order valence-electron chi connectivity index (χ2n) is 16.7. The summed E-state index contributed by atoms with van der Waals surface area (Å²) in [5.74, 6) is -4.42. The van der Waals surface area contributed by atoms with E-state index in [1.165, 1.54) is 14.2 Å². The van der Waals surface area contributed by atoms with Crippen molar-refractivity contribution in [2.24, 2.45) is 5.11 Å². The predicted molar refractivity (Wildman–Crippen MR) is 235 cm³/mol. The molecule has 5 heterocycles. The Morgan fingerprint density at radius 2 is 0.986 bits per heavy atom. The van der Waals surface area contributed by atoms with Crippen molar-refractivity contribution in [2.75, 3.05) is 41.5 Å². The number of aliphatic hydroxyl groups is 8. The van der Waals surface area contributed by atoms with Crippen molar-refractivity contribution in [3.63, 3.8) is 0 Å². The van der Waals surface area contributed by atoms with Gasteiger partial charge in [0, 0.05) is 52.0 Å². The van der Waals surface area contributed by atoms with Crippen LogP contribution in [0.1, 0.15) is 17.8 Å². The van der Waals surface area contributed by atoms with Gasteiger partial charge in [-0.2, -0.15) is 0 Å². The SMILES string of the molecule is COC1OC(C(=O)NCCCN=[N+]=[N-])C(OC2OC(C(=O)O)C(OC)C(O)C2O)C(O)C1O.COC1OC(C(=O)NCc2nnc(-c3ccc(C)cc3)nn2)C(OC2OC(C(=O)O)C(OC)C(O)C2O)C(O)C1O. The minimum Gasteiger partial charge on any atom is -0.479 e. The van der Waals surface area contributed by atoms with E-state index in [1.54, 1.807) is 0 Å². The van der Waals surface area contributed by atoms with Gasteiger partial charge in [-0.05, 0) is 18.9 Å². The van der Waals surface area contributed by atoms with E-state index in [4.69, 9.17) is 52.9 Å². The lowest BCUT2D eigenvalue weighted by molar-refractivity contribution is -0.348. The Bertz CT molecular complexity index is 2200. The molecule has 6 rings (SSSR count). The number of rotatable bonds is 19. The van der Waals surface area contributed by atoms with Crippen LogP contribution in [-0.2, 0) is 73.1 Å². The predicted octanol–water partition coefficient (Wildman–Crippen LogP) is -6.29. The van der Waals surface area contributed by atoms with Gasteiger partial charge in [-0.3, -0.25) is 9.59 Å². The average Bonchev–Trinajstić information content (AvgIpc) is 3.38. The van der Waals surface area contributed by atoms with Crippen molar-refractivity contribution in [3.8, 4) is 11.4 Å². The molecule has 33 heteroatoms. The number of aliphatic hydroxyl groups excluding tert-OH is 8. The van der Waals surface area contributed by atoms with Gasteiger partial charge in [0.1, 0.15) is 73.2 Å². The maximum absolute atomic E-state index is 13.1. The Morgan fingerprint density at radius 1 is 0.581 bits per heavy atom. The van der Waals surface area contributed by atoms with Crippen molar-refractivity contribution in [3.05, 3.63) is 46.1 Å². The molecule has 412 valence electrons. The number of aromatic nitrogens is 4. The Hall–Kier alpha value is -5.37. The fourth-order valence-corrected chi connectivity index (χ4v) is 7.83. The number of benzene rings is 1. The van der Waals surface area contributed by atoms with Crippen LogP contribution < -0.4 is 10.6 Å². The molecule has 1 aromatic carbocycles. The van der Waals surface area contributed by atoms with Gasteiger partial charge in [0.2, 0.25) is 5.82 Å². The second kappa shape index (κ2) is 27.4. The summed E-state index contributed by atoms with van der Waals surface area (Å²) in [6, 6.07) is 7.37. The lowest BCUT2D eigenvalue weighted by atomic mass is 9.96. The molecule has 0 saturated carbocycles. The zero-order chi connectivity index (χ0) is 54.6. The van der Waals surface area contributed by atoms with Crippen LogP contribution in [0.3, 0.4) is 0 Å². The number of amides is 2. The molecule has 2 amide bonds. The highest BCUT2D eigenvalue weighted by molar-refractivity contribution is 5.82. The molecule has 2 aromatic rings. The van der Waals surface area contributed by atoms with Gasteiger partial charge in [0.25, 0.3) is 11.8 Å². The number of nitrogens with one attached hydrogen (secondary N) is 2. The molecule has 0 bridgehead atoms. The summed E-state index contributed by atoms with van der Waals surface area (Å²) in [5, 5.41) is 126. The average molecular weight is 1060 g/mol. The summed E-state index contributed by atoms with van der Waals surface area (Å²) in [6.45, 7) is 1.85. The minimum atomic E-state index is -1.87. The molecule has 1 aromatic heterocycles. The molecule has 4 saturated heterocycles. The smallest absolute Gasteiger partial charge is 0.335 e. The van der Waals surface area contributed by atoms with Crippen LogP contribution in [0.4, 0.5) is 0 Å². The van der Waals surface area contributed by atoms with Crippen LogP contribution >= 0.6 is 0 Å². The van der Waals surface area contributed by atoms with Gasteiger partial charge in [-0.25, -0.2) is 9.59 Å². The largest absolute Gasteiger partial charge is 0.479 e. The highest BCUT2D eigenvalue weighted by Crippen LogP contribution is 2.32. The number of ether oxygens (including phenoxy) is 10. The molecule has 12 N–H and O–H groups in total. The Labute approximate surface area is 418 Å². The first-order valence-corrected chi connectivity index (χ1v) is 22.4. The summed E-state index contributed by atoms with van der Waals surface area (Å²) in [4.78, 5) is 51.6. The van der Waals surface area contributed by atoms with Crippen molar-refractivity contribution in [2.45, 2.75) is 143 Å². The van der Waals surface area contributed by atoms with Gasteiger partial charge in [0.05, 0.1) is 6.54 Å². The summed E-state index contributed by atoms with van der Waals surface area (Å²) in [5.41, 5.74) is 10.0. The molecule has 4 aliphatic rings. The van der Waals surface area contributed by atoms with Gasteiger partial charge < -0.3 is 109 Å². The second-order valence-corrected chi connectivity index (χ2v) is 16.7. The number of carbonyl (C=O) groups is 4. The fourth-order valence-electron chi connectivity index (χ4n) is 7.83. The summed E-state index contributed by atoms with van der Waals surface area (Å²) in [6.07, 6.45) is -33.6. The molecule has 0 radical (unpaired) electrons. The summed E-state index contributed by atoms with van der Waals surface area (Å²) < 4.78 is 52.2. The standard InChI is InChI=1S/C24H31N5O12.C17H28N4O12/c1-9-4-6-10(7-5-9)20-28-26-11(27-29-20)8-25-21(34)18-17(13(31)14(32)23(38-3)40-18)39-24-15(33)12(30)16(37-2)19(41-24)22(35)36;1-29-10-6(22)9(25)17(33-13(10)15(27)28)31-11-7(23)8(24)16(30-2)32-12(11)14(26)19-4-3-5-20-21-18/h4-7,12-19,23-24,30-33H,8H2,1-3H3,(H,25,34)(H,35,36);6-13,16-17,22-25H,3-5H2,1-2H3,(H,19,26)(H,27,28). The third-order valence-electron chi connectivity index (χ3n) is 11.8. The molecule has 0 spiro atoms. The van der Waals surface area contributed by atoms with E-state index < -0.39 is 147 Å². The van der Waals surface area contributed by atoms with E-state index >= 15 is 0 Å². The lowest BCUT2D eigenvalue weighted by Crippen LogP contribution is -2.66. The van der Waals surface area contributed by atoms with Gasteiger partial charge in [0.15, 0.2) is 55.4 Å². The molecular formula is C41H59N9O24. The number of carbonyl (C=O) groups excluding carboxylic acids is 2. The number of carboxylic acid groups (broad SMARTS) is 2. The number of nitrogens with zero attached hydrogens (tertiary/aromatic N) is 7. The molecule has 20 atom stereocenters. The van der Waals surface area contributed by atoms with E-state index in [-0.39, 0.29) is 31.3 Å². The van der Waals surface area contributed by atoms with E-state index in [0.717, 1.165) is 19.8 Å². The maximum atomic E-state index is 13.1. The molecule has 74 heavy (non-hydrogen) atoms. The van der Waals surface area contributed by atoms with Crippen LogP contribution in [0.5, 0.6) is 0 Å². The van der Waals surface area contributed by atoms with E-state index in [0.29, 0.717) is 12.0 Å². The number of aryl methyl sites for hydroxylation is 1. The van der Waals surface area contributed by atoms with Gasteiger partial charge in [-0.1, -0.05) is 34.9 Å². The number of hydrogen-bond donors (Lipinski definition) is 12. The molecule has 33 nitrogen and oxygen atoms in total. The zero-order valence-electron chi connectivity index (χ0n) is 40.0. The molecule has 20 unspecified atom stereocenters. The summed E-state index contributed by atoms with van der Waals surface area (Å²) in [7, 11) is 4.57. The third-order valence-corrected chi connectivity index (χ3v) is 11.8. The third kappa shape index (κ3) is 14.1. The molecule has 0 aliphatic carbocycles. The van der Waals surface area contributed by atoms with E-state index in [2.05, 4.69) is 41.1 Å². The fraction of sp³-hybridized carbons (Fsp3) is 0.707. The first-order chi connectivity index (χ1) is 35.2. The number of carboxylic acids is 2. The van der Waals surface area contributed by atoms with Crippen molar-refractivity contribution >= 4 is 23.8 Å². The van der Waals surface area contributed by atoms with E-state index in [9.17, 15) is 70.2 Å². The number of azide groups is 1. The Kier molecular flexibility index (Phi) is 22.1. The Morgan fingerprint density at radius 3 is 1.39 bits per heavy atom. The molecular weight excluding hydrogens is 1000 g/mol. The first kappa shape index (κ1) is 59.5. The van der Waals surface area contributed by atoms with Crippen molar-refractivity contribution in [1.82, 2.24) is 31.0 Å². The summed E-state index contributed by atoms with van der Waals surface area (Å²) >= 11 is 0. The van der Waals surface area contributed by atoms with Crippen LogP contribution in [-0.4, -0.2) is 260 Å². The van der Waals surface area contributed by atoms with E-state index in [1.807, 2.05) is 31.2 Å². The molecule has 4 fully saturated rings. The number of hydrogen-bond acceptors (Lipinski definition) is 27. The van der Waals surface area contributed by atoms with Gasteiger partial charge >= 0.3 is 11.9 Å². The van der Waals surface area contributed by atoms with Crippen LogP contribution in [0, 0.1) is 6.92 Å². The normalized spacial score (nSPS) is 36.0. The van der Waals surface area contributed by atoms with Crippen molar-refractivity contribution in [1.29, 1.82) is 0 Å². The topological polar surface area (TPSA) is 487 Å². The number of aliphatic carboxylic acids is 2. The van der Waals surface area contributed by atoms with Gasteiger partial charge in [-0.15, -0.1) is 20.4 Å². The zero-order valence-corrected chi connectivity index (χ0v) is 40.0. The minimum absolute atomic E-state index is 0.0374. The van der Waals surface area contributed by atoms with Crippen LogP contribution in [0.25, 0.3) is 21.8 Å². The highest BCUT2D eigenvalue weighted by atomic mass is 16.8. The van der Waals surface area contributed by atoms with Crippen LogP contribution in [0.15, 0.2) is 29.4 Å². The highest BCUT2D eigenvalue weighted by Gasteiger charge is 2.56. The van der Waals surface area contributed by atoms with Crippen molar-refractivity contribution < 1.29 is 118 Å². The maximum Gasteiger partial charge on any atom is 0.335 e. The molecule has 4 aliphatic heterocycles. The number of methoxy groups -OCH3 is 4. The monoisotopic (exact) mass is 1060 g/mol. The quantitative estimate of drug-likeness (QED) is 0.0269. The lowest BCUT2D eigenvalue weighted by Gasteiger charge is -2.45.